The van der Waals surface area contributed by atoms with E-state index in [1.807, 2.05) is 0 Å². The molecule has 126 valence electrons. The molecule has 0 radical (unpaired) electrons. The molecule has 0 rings (SSSR count). The first-order chi connectivity index (χ1) is 10.3. The number of ether oxygens (including phenoxy) is 2. The van der Waals surface area contributed by atoms with Crippen LogP contribution in [0.4, 0.5) is 4.79 Å². The number of carbonyl (C=O) groups is 1. The van der Waals surface area contributed by atoms with Crippen molar-refractivity contribution in [1.29, 1.82) is 0 Å². The molecule has 21 heavy (non-hydrogen) atoms. The fourth-order valence-corrected chi connectivity index (χ4v) is 2.43. The van der Waals surface area contributed by atoms with Gasteiger partial charge in [0.1, 0.15) is 0 Å². The van der Waals surface area contributed by atoms with Gasteiger partial charge in [0.05, 0.1) is 13.2 Å². The Morgan fingerprint density at radius 1 is 0.619 bits per heavy atom. The third kappa shape index (κ3) is 17.2. The summed E-state index contributed by atoms with van der Waals surface area (Å²) in [5.74, 6) is 0. The van der Waals surface area contributed by atoms with E-state index in [1.54, 1.807) is 6.92 Å². The lowest BCUT2D eigenvalue weighted by Crippen LogP contribution is -2.07. The molecule has 0 aliphatic rings. The van der Waals surface area contributed by atoms with Gasteiger partial charge in [-0.3, -0.25) is 0 Å². The minimum absolute atomic E-state index is 0.386. The van der Waals surface area contributed by atoms with E-state index in [0.29, 0.717) is 13.2 Å². The summed E-state index contributed by atoms with van der Waals surface area (Å²) in [6, 6.07) is 0. The van der Waals surface area contributed by atoms with E-state index in [1.165, 1.54) is 70.6 Å². The summed E-state index contributed by atoms with van der Waals surface area (Å²) in [6.45, 7) is 4.93. The molecule has 0 aliphatic carbocycles. The van der Waals surface area contributed by atoms with Crippen LogP contribution >= 0.6 is 0 Å². The lowest BCUT2D eigenvalue weighted by Gasteiger charge is -2.04. The number of unbranched alkanes of at least 4 members (excludes halogenated alkanes) is 12. The molecule has 0 N–H and O–H groups in total. The Balaban J connectivity index is 3.01. The molecule has 0 aliphatic heterocycles. The van der Waals surface area contributed by atoms with E-state index < -0.39 is 6.16 Å². The van der Waals surface area contributed by atoms with Gasteiger partial charge >= 0.3 is 6.16 Å². The van der Waals surface area contributed by atoms with Crippen LogP contribution in [0.25, 0.3) is 0 Å². The van der Waals surface area contributed by atoms with Crippen molar-refractivity contribution in [1.82, 2.24) is 0 Å². The molecule has 0 unspecified atom stereocenters. The fourth-order valence-electron chi connectivity index (χ4n) is 2.43. The molecule has 0 heterocycles. The number of rotatable bonds is 15. The zero-order valence-corrected chi connectivity index (χ0v) is 14.3. The van der Waals surface area contributed by atoms with Gasteiger partial charge in [0.15, 0.2) is 0 Å². The Morgan fingerprint density at radius 2 is 1.05 bits per heavy atom. The molecular formula is C18H36O3. The van der Waals surface area contributed by atoms with Gasteiger partial charge in [-0.2, -0.15) is 0 Å². The lowest BCUT2D eigenvalue weighted by atomic mass is 10.0. The Labute approximate surface area is 131 Å². The summed E-state index contributed by atoms with van der Waals surface area (Å²) in [7, 11) is 0. The van der Waals surface area contributed by atoms with E-state index in [9.17, 15) is 4.79 Å². The van der Waals surface area contributed by atoms with E-state index in [0.717, 1.165) is 12.8 Å². The van der Waals surface area contributed by atoms with Crippen LogP contribution in [0, 0.1) is 0 Å². The second-order valence-corrected chi connectivity index (χ2v) is 5.77. The lowest BCUT2D eigenvalue weighted by molar-refractivity contribution is 0.0578. The zero-order chi connectivity index (χ0) is 15.6. The molecule has 0 aromatic rings. The third-order valence-corrected chi connectivity index (χ3v) is 3.73. The largest absolute Gasteiger partial charge is 0.508 e. The smallest absolute Gasteiger partial charge is 0.435 e. The molecule has 0 saturated heterocycles. The summed E-state index contributed by atoms with van der Waals surface area (Å²) in [5, 5.41) is 0. The van der Waals surface area contributed by atoms with Crippen LogP contribution in [-0.2, 0) is 9.47 Å². The van der Waals surface area contributed by atoms with Crippen molar-refractivity contribution < 1.29 is 14.3 Å². The highest BCUT2D eigenvalue weighted by Gasteiger charge is 2.00. The molecule has 0 saturated carbocycles. The third-order valence-electron chi connectivity index (χ3n) is 3.73. The van der Waals surface area contributed by atoms with Crippen LogP contribution in [0.15, 0.2) is 0 Å². The van der Waals surface area contributed by atoms with Crippen LogP contribution < -0.4 is 0 Å². The standard InChI is InChI=1S/C18H36O3/c1-3-5-6-7-8-9-10-11-12-13-14-15-16-17-21-18(19)20-4-2/h3-17H2,1-2H3. The quantitative estimate of drug-likeness (QED) is 0.265. The molecule has 0 aromatic heterocycles. The highest BCUT2D eigenvalue weighted by Crippen LogP contribution is 2.12. The Bertz CT molecular complexity index is 217. The first kappa shape index (κ1) is 20.3. The average Bonchev–Trinajstić information content (AvgIpc) is 2.48. The highest BCUT2D eigenvalue weighted by atomic mass is 16.7. The molecule has 0 amide bonds. The summed E-state index contributed by atoms with van der Waals surface area (Å²) >= 11 is 0. The van der Waals surface area contributed by atoms with Crippen LogP contribution in [0.2, 0.25) is 0 Å². The number of carbonyl (C=O) groups excluding carboxylic acids is 1. The van der Waals surface area contributed by atoms with Crippen molar-refractivity contribution in [3.8, 4) is 0 Å². The van der Waals surface area contributed by atoms with Gasteiger partial charge in [-0.15, -0.1) is 0 Å². The molecule has 0 fully saturated rings. The van der Waals surface area contributed by atoms with Gasteiger partial charge in [0.2, 0.25) is 0 Å². The second-order valence-electron chi connectivity index (χ2n) is 5.77. The maximum absolute atomic E-state index is 10.9. The van der Waals surface area contributed by atoms with Crippen LogP contribution in [0.3, 0.4) is 0 Å². The maximum Gasteiger partial charge on any atom is 0.508 e. The van der Waals surface area contributed by atoms with Crippen molar-refractivity contribution in [3.05, 3.63) is 0 Å². The summed E-state index contributed by atoms with van der Waals surface area (Å²) in [4.78, 5) is 10.9. The van der Waals surface area contributed by atoms with E-state index >= 15 is 0 Å². The Kier molecular flexibility index (Phi) is 16.7. The second kappa shape index (κ2) is 17.3. The topological polar surface area (TPSA) is 35.5 Å². The average molecular weight is 300 g/mol. The van der Waals surface area contributed by atoms with Gasteiger partial charge in [-0.1, -0.05) is 84.0 Å². The van der Waals surface area contributed by atoms with Crippen molar-refractivity contribution in [2.24, 2.45) is 0 Å². The SMILES string of the molecule is CCCCCCCCCCCCCCCOC(=O)OCC. The number of hydrogen-bond acceptors (Lipinski definition) is 3. The van der Waals surface area contributed by atoms with E-state index in [-0.39, 0.29) is 0 Å². The molecular weight excluding hydrogens is 264 g/mol. The van der Waals surface area contributed by atoms with Crippen molar-refractivity contribution >= 4 is 6.16 Å². The van der Waals surface area contributed by atoms with Gasteiger partial charge in [0, 0.05) is 0 Å². The monoisotopic (exact) mass is 300 g/mol. The number of hydrogen-bond donors (Lipinski definition) is 0. The molecule has 0 atom stereocenters. The minimum Gasteiger partial charge on any atom is -0.435 e. The Hall–Kier alpha value is -0.730. The minimum atomic E-state index is -0.531. The summed E-state index contributed by atoms with van der Waals surface area (Å²) < 4.78 is 9.62. The maximum atomic E-state index is 10.9. The van der Waals surface area contributed by atoms with Crippen LogP contribution in [0.5, 0.6) is 0 Å². The normalized spacial score (nSPS) is 10.6. The van der Waals surface area contributed by atoms with Crippen molar-refractivity contribution in [3.63, 3.8) is 0 Å². The van der Waals surface area contributed by atoms with Gasteiger partial charge in [-0.25, -0.2) is 4.79 Å². The highest BCUT2D eigenvalue weighted by molar-refractivity contribution is 5.59. The van der Waals surface area contributed by atoms with Crippen molar-refractivity contribution in [2.75, 3.05) is 13.2 Å². The van der Waals surface area contributed by atoms with Gasteiger partial charge in [0.25, 0.3) is 0 Å². The molecule has 0 bridgehead atoms. The fraction of sp³-hybridized carbons (Fsp3) is 0.944. The summed E-state index contributed by atoms with van der Waals surface area (Å²) in [5.41, 5.74) is 0. The van der Waals surface area contributed by atoms with E-state index in [4.69, 9.17) is 9.47 Å². The predicted molar refractivity (Wildman–Crippen MR) is 88.7 cm³/mol. The van der Waals surface area contributed by atoms with Gasteiger partial charge < -0.3 is 9.47 Å². The van der Waals surface area contributed by atoms with E-state index in [2.05, 4.69) is 6.92 Å². The first-order valence-electron chi connectivity index (χ1n) is 9.10. The van der Waals surface area contributed by atoms with Crippen LogP contribution in [0.1, 0.15) is 97.3 Å². The molecule has 0 aromatic carbocycles. The van der Waals surface area contributed by atoms with Crippen molar-refractivity contribution in [2.45, 2.75) is 97.3 Å². The van der Waals surface area contributed by atoms with Gasteiger partial charge in [-0.05, 0) is 13.3 Å². The first-order valence-corrected chi connectivity index (χ1v) is 9.10. The molecule has 3 heteroatoms. The summed E-state index contributed by atoms with van der Waals surface area (Å²) in [6.07, 6.45) is 16.7. The predicted octanol–water partition coefficient (Wildman–Crippen LogP) is 6.25. The molecule has 3 nitrogen and oxygen atoms in total. The Morgan fingerprint density at radius 3 is 1.48 bits per heavy atom. The zero-order valence-electron chi connectivity index (χ0n) is 14.3. The molecule has 0 spiro atoms. The van der Waals surface area contributed by atoms with Crippen LogP contribution in [-0.4, -0.2) is 19.4 Å².